The number of aromatic nitrogens is 1. The highest BCUT2D eigenvalue weighted by molar-refractivity contribution is 8.00. The Bertz CT molecular complexity index is 960. The first-order chi connectivity index (χ1) is 13.2. The quantitative estimate of drug-likeness (QED) is 0.410. The number of nitrogens with zero attached hydrogens (tertiary/aromatic N) is 2. The summed E-state index contributed by atoms with van der Waals surface area (Å²) < 4.78 is 23.1. The number of aryl methyl sites for hydroxylation is 1. The third-order valence-electron chi connectivity index (χ3n) is 4.28. The zero-order valence-electron chi connectivity index (χ0n) is 15.5. The zero-order valence-corrected chi connectivity index (χ0v) is 16.3. The average molecular weight is 383 g/mol. The van der Waals surface area contributed by atoms with Crippen molar-refractivity contribution in [1.82, 2.24) is 4.57 Å². The predicted octanol–water partition coefficient (Wildman–Crippen LogP) is 5.54. The molecule has 0 radical (unpaired) electrons. The van der Waals surface area contributed by atoms with E-state index in [2.05, 4.69) is 17.7 Å². The second kappa shape index (κ2) is 8.83. The first-order valence-corrected chi connectivity index (χ1v) is 9.87. The van der Waals surface area contributed by atoms with Crippen molar-refractivity contribution >= 4 is 28.5 Å². The third kappa shape index (κ3) is 4.04. The van der Waals surface area contributed by atoms with Gasteiger partial charge in [-0.3, -0.25) is 0 Å². The smallest absolute Gasteiger partial charge is 0.123 e. The lowest BCUT2D eigenvalue weighted by Crippen LogP contribution is -1.98. The van der Waals surface area contributed by atoms with E-state index in [0.717, 1.165) is 40.0 Å². The van der Waals surface area contributed by atoms with Crippen molar-refractivity contribution in [3.63, 3.8) is 0 Å². The number of rotatable bonds is 8. The van der Waals surface area contributed by atoms with Crippen molar-refractivity contribution in [2.45, 2.75) is 13.3 Å². The number of hydrogen-bond acceptors (Lipinski definition) is 4. The van der Waals surface area contributed by atoms with Gasteiger partial charge in [0.25, 0.3) is 0 Å². The van der Waals surface area contributed by atoms with Crippen molar-refractivity contribution in [2.75, 3.05) is 23.8 Å². The van der Waals surface area contributed by atoms with E-state index in [1.807, 2.05) is 48.0 Å². The fourth-order valence-electron chi connectivity index (χ4n) is 3.05. The molecule has 0 unspecified atom stereocenters. The fraction of sp³-hybridized carbons (Fsp3) is 0.286. The number of alkyl halides is 1. The van der Waals surface area contributed by atoms with Gasteiger partial charge in [-0.05, 0) is 36.2 Å². The van der Waals surface area contributed by atoms with Crippen molar-refractivity contribution < 1.29 is 9.13 Å². The van der Waals surface area contributed by atoms with E-state index in [4.69, 9.17) is 4.74 Å². The van der Waals surface area contributed by atoms with Crippen molar-refractivity contribution in [1.29, 1.82) is 5.26 Å². The van der Waals surface area contributed by atoms with E-state index in [9.17, 15) is 9.65 Å². The minimum Gasteiger partial charge on any atom is -0.491 e. The number of fused-ring (bicyclic) bond motifs is 1. The Morgan fingerprint density at radius 2 is 2.00 bits per heavy atom. The molecule has 0 amide bonds. The lowest BCUT2D eigenvalue weighted by molar-refractivity contribution is 0.273. The van der Waals surface area contributed by atoms with Crippen LogP contribution in [0.3, 0.4) is 0 Å². The molecule has 0 atom stereocenters. The predicted molar refractivity (Wildman–Crippen MR) is 111 cm³/mol. The summed E-state index contributed by atoms with van der Waals surface area (Å²) in [6.45, 7) is 1.64. The van der Waals surface area contributed by atoms with Crippen LogP contribution in [0.4, 0.5) is 10.1 Å². The number of anilines is 1. The van der Waals surface area contributed by atoms with Gasteiger partial charge in [-0.1, -0.05) is 31.0 Å². The molecule has 0 aliphatic rings. The largest absolute Gasteiger partial charge is 0.491 e. The third-order valence-corrected chi connectivity index (χ3v) is 5.28. The molecule has 0 bridgehead atoms. The van der Waals surface area contributed by atoms with Gasteiger partial charge in [-0.2, -0.15) is 5.26 Å². The van der Waals surface area contributed by atoms with E-state index >= 15 is 0 Å². The summed E-state index contributed by atoms with van der Waals surface area (Å²) in [6, 6.07) is 15.9. The Balaban J connectivity index is 1.98. The zero-order chi connectivity index (χ0) is 19.2. The van der Waals surface area contributed by atoms with Crippen LogP contribution in [-0.2, 0) is 7.05 Å². The Kier molecular flexibility index (Phi) is 6.25. The van der Waals surface area contributed by atoms with Gasteiger partial charge in [0.2, 0.25) is 0 Å². The molecule has 2 aromatic carbocycles. The second-order valence-corrected chi connectivity index (χ2v) is 7.04. The van der Waals surface area contributed by atoms with Gasteiger partial charge in [-0.25, -0.2) is 4.39 Å². The molecule has 4 nitrogen and oxygen atoms in total. The van der Waals surface area contributed by atoms with Crippen LogP contribution >= 0.6 is 11.9 Å². The van der Waals surface area contributed by atoms with Crippen LogP contribution in [0.5, 0.6) is 5.75 Å². The van der Waals surface area contributed by atoms with E-state index in [1.54, 1.807) is 18.0 Å². The van der Waals surface area contributed by atoms with Crippen molar-refractivity contribution in [2.24, 2.45) is 7.05 Å². The highest BCUT2D eigenvalue weighted by atomic mass is 32.2. The number of ether oxygens (including phenoxy) is 1. The van der Waals surface area contributed by atoms with E-state index in [1.165, 1.54) is 0 Å². The summed E-state index contributed by atoms with van der Waals surface area (Å²) in [5.74, 6) is 1.65. The molecule has 6 heteroatoms. The normalized spacial score (nSPS) is 10.7. The molecule has 0 aliphatic heterocycles. The summed E-state index contributed by atoms with van der Waals surface area (Å²) in [6.07, 6.45) is 1.12. The van der Waals surface area contributed by atoms with E-state index < -0.39 is 6.67 Å². The molecule has 1 N–H and O–H groups in total. The van der Waals surface area contributed by atoms with Gasteiger partial charge in [0, 0.05) is 29.9 Å². The van der Waals surface area contributed by atoms with Gasteiger partial charge in [0.15, 0.2) is 0 Å². The van der Waals surface area contributed by atoms with Crippen molar-refractivity contribution in [3.05, 3.63) is 48.0 Å². The molecule has 3 rings (SSSR count). The molecular formula is C21H22FN3OS. The van der Waals surface area contributed by atoms with Gasteiger partial charge >= 0.3 is 0 Å². The number of benzene rings is 2. The summed E-state index contributed by atoms with van der Waals surface area (Å²) in [4.78, 5) is 0. The SMILES string of the molecule is CCCSNc1ccc(-c2c(C#N)c3ccc(OCCF)cc3n2C)cc1. The molecule has 1 aromatic heterocycles. The summed E-state index contributed by atoms with van der Waals surface area (Å²) in [5.41, 5.74) is 4.39. The van der Waals surface area contributed by atoms with Crippen LogP contribution in [0.2, 0.25) is 0 Å². The number of halogens is 1. The van der Waals surface area contributed by atoms with E-state index in [0.29, 0.717) is 11.3 Å². The van der Waals surface area contributed by atoms with Gasteiger partial charge in [-0.15, -0.1) is 0 Å². The maximum absolute atomic E-state index is 12.4. The summed E-state index contributed by atoms with van der Waals surface area (Å²) in [5, 5.41) is 10.6. The molecule has 0 spiro atoms. The monoisotopic (exact) mass is 383 g/mol. The highest BCUT2D eigenvalue weighted by Crippen LogP contribution is 2.35. The van der Waals surface area contributed by atoms with Crippen LogP contribution in [0.25, 0.3) is 22.2 Å². The molecule has 0 saturated carbocycles. The maximum atomic E-state index is 12.4. The minimum atomic E-state index is -0.531. The topological polar surface area (TPSA) is 50.0 Å². The second-order valence-electron chi connectivity index (χ2n) is 6.14. The molecule has 140 valence electrons. The molecule has 1 heterocycles. The standard InChI is InChI=1S/C21H22FN3OS/c1-3-12-27-24-16-6-4-15(5-7-16)21-19(14-23)18-9-8-17(26-11-10-22)13-20(18)25(21)2/h4-9,13,24H,3,10-12H2,1-2H3. The molecule has 0 saturated heterocycles. The van der Waals surface area contributed by atoms with Gasteiger partial charge < -0.3 is 14.0 Å². The molecular weight excluding hydrogens is 361 g/mol. The highest BCUT2D eigenvalue weighted by Gasteiger charge is 2.17. The van der Waals surface area contributed by atoms with Crippen LogP contribution < -0.4 is 9.46 Å². The number of hydrogen-bond donors (Lipinski definition) is 1. The Morgan fingerprint density at radius 3 is 2.67 bits per heavy atom. The maximum Gasteiger partial charge on any atom is 0.123 e. The molecule has 0 aliphatic carbocycles. The summed E-state index contributed by atoms with van der Waals surface area (Å²) >= 11 is 1.68. The first-order valence-electron chi connectivity index (χ1n) is 8.89. The molecule has 0 fully saturated rings. The Morgan fingerprint density at radius 1 is 1.22 bits per heavy atom. The molecule has 27 heavy (non-hydrogen) atoms. The van der Waals surface area contributed by atoms with Crippen LogP contribution in [0.1, 0.15) is 18.9 Å². The lowest BCUT2D eigenvalue weighted by Gasteiger charge is -2.08. The lowest BCUT2D eigenvalue weighted by atomic mass is 10.1. The molecule has 3 aromatic rings. The van der Waals surface area contributed by atoms with Gasteiger partial charge in [0.05, 0.1) is 16.8 Å². The van der Waals surface area contributed by atoms with Crippen LogP contribution in [0.15, 0.2) is 42.5 Å². The Hall–Kier alpha value is -2.65. The van der Waals surface area contributed by atoms with E-state index in [-0.39, 0.29) is 6.61 Å². The van der Waals surface area contributed by atoms with Gasteiger partial charge in [0.1, 0.15) is 25.1 Å². The Labute approximate surface area is 163 Å². The van der Waals surface area contributed by atoms with Crippen molar-refractivity contribution in [3.8, 4) is 23.1 Å². The van der Waals surface area contributed by atoms with Crippen LogP contribution in [-0.4, -0.2) is 23.6 Å². The minimum absolute atomic E-state index is 0.0262. The van der Waals surface area contributed by atoms with Crippen LogP contribution in [0, 0.1) is 11.3 Å². The first kappa shape index (κ1) is 19.1. The number of nitriles is 1. The summed E-state index contributed by atoms with van der Waals surface area (Å²) in [7, 11) is 1.93. The fourth-order valence-corrected chi connectivity index (χ4v) is 3.65. The average Bonchev–Trinajstić information content (AvgIpc) is 2.98. The number of nitrogens with one attached hydrogen (secondary N) is 1.